The Hall–Kier alpha value is -2.95. The number of sulfonamides is 1. The first-order valence-corrected chi connectivity index (χ1v) is 19.5. The van der Waals surface area contributed by atoms with E-state index in [1.165, 1.54) is 4.31 Å². The smallest absolute Gasteiger partial charge is 0.244 e. The second-order valence-electron chi connectivity index (χ2n) is 14.1. The third-order valence-corrected chi connectivity index (χ3v) is 15.0. The van der Waals surface area contributed by atoms with Crippen molar-refractivity contribution >= 4 is 18.3 Å². The third-order valence-electron chi connectivity index (χ3n) is 8.65. The average molecular weight is 614 g/mol. The third kappa shape index (κ3) is 8.58. The fourth-order valence-corrected chi connectivity index (χ4v) is 7.88. The van der Waals surface area contributed by atoms with Gasteiger partial charge in [0.1, 0.15) is 0 Å². The minimum atomic E-state index is -3.77. The van der Waals surface area contributed by atoms with E-state index in [9.17, 15) is 8.42 Å². The normalized spacial score (nSPS) is 17.2. The van der Waals surface area contributed by atoms with Gasteiger partial charge in [-0.15, -0.1) is 0 Å². The SMILES string of the molecule is Cc1ccc(S(=O)(=O)N(CC#Cc2ccc(-c3ccccc3)cc2)CC2=CC(O[Si](C)(C)C(C)(C)C)CC(C)(C)C2)cc1. The van der Waals surface area contributed by atoms with Crippen LogP contribution in [0.4, 0.5) is 0 Å². The lowest BCUT2D eigenvalue weighted by molar-refractivity contribution is 0.142. The molecule has 43 heavy (non-hydrogen) atoms. The zero-order valence-corrected chi connectivity index (χ0v) is 28.9. The van der Waals surface area contributed by atoms with Crippen molar-refractivity contribution in [2.24, 2.45) is 5.41 Å². The Balaban J connectivity index is 1.61. The summed E-state index contributed by atoms with van der Waals surface area (Å²) < 4.78 is 36.3. The molecule has 4 rings (SSSR count). The van der Waals surface area contributed by atoms with E-state index in [2.05, 4.69) is 89.9 Å². The summed E-state index contributed by atoms with van der Waals surface area (Å²) in [4.78, 5) is 0.289. The van der Waals surface area contributed by atoms with Crippen LogP contribution in [0.2, 0.25) is 18.1 Å². The number of nitrogens with zero attached hydrogens (tertiary/aromatic N) is 1. The van der Waals surface area contributed by atoms with E-state index in [1.54, 1.807) is 12.1 Å². The quantitative estimate of drug-likeness (QED) is 0.145. The lowest BCUT2D eigenvalue weighted by atomic mass is 9.76. The van der Waals surface area contributed by atoms with E-state index in [-0.39, 0.29) is 28.0 Å². The summed E-state index contributed by atoms with van der Waals surface area (Å²) in [5, 5.41) is 0.0955. The van der Waals surface area contributed by atoms with Crippen molar-refractivity contribution in [3.63, 3.8) is 0 Å². The second kappa shape index (κ2) is 13.0. The molecule has 0 N–H and O–H groups in total. The standard InChI is InChI=1S/C37H47NO3SSi/c1-29-16-22-35(23-17-29)42(39,40)38(24-12-13-30-18-20-33(21-19-30)32-14-10-9-11-15-32)28-31-25-34(27-37(5,6)26-31)41-43(7,8)36(2,3)4/h9-11,14-23,25,34H,24,26-28H2,1-8H3. The minimum Gasteiger partial charge on any atom is -0.411 e. The number of rotatable bonds is 8. The van der Waals surface area contributed by atoms with Crippen molar-refractivity contribution in [3.05, 3.63) is 102 Å². The van der Waals surface area contributed by atoms with Crippen LogP contribution in [-0.2, 0) is 14.4 Å². The summed E-state index contributed by atoms with van der Waals surface area (Å²) >= 11 is 0. The van der Waals surface area contributed by atoms with Crippen LogP contribution in [0.5, 0.6) is 0 Å². The summed E-state index contributed by atoms with van der Waals surface area (Å²) in [5.41, 5.74) is 5.24. The van der Waals surface area contributed by atoms with Crippen LogP contribution in [0.15, 0.2) is 95.4 Å². The molecule has 0 radical (unpaired) electrons. The van der Waals surface area contributed by atoms with E-state index in [4.69, 9.17) is 4.43 Å². The van der Waals surface area contributed by atoms with E-state index >= 15 is 0 Å². The molecule has 228 valence electrons. The zero-order chi connectivity index (χ0) is 31.5. The summed E-state index contributed by atoms with van der Waals surface area (Å²) in [6.45, 7) is 18.2. The first kappa shape index (κ1) is 33.0. The molecule has 3 aromatic carbocycles. The Bertz CT molecular complexity index is 1590. The topological polar surface area (TPSA) is 46.6 Å². The molecule has 1 aliphatic carbocycles. The van der Waals surface area contributed by atoms with Gasteiger partial charge >= 0.3 is 0 Å². The first-order valence-electron chi connectivity index (χ1n) is 15.1. The lowest BCUT2D eigenvalue weighted by Crippen LogP contribution is -2.45. The monoisotopic (exact) mass is 613 g/mol. The molecule has 0 bridgehead atoms. The Labute approximate surface area is 261 Å². The maximum Gasteiger partial charge on any atom is 0.244 e. The van der Waals surface area contributed by atoms with Crippen molar-refractivity contribution in [1.82, 2.24) is 4.31 Å². The van der Waals surface area contributed by atoms with Gasteiger partial charge in [-0.25, -0.2) is 8.42 Å². The number of aryl methyl sites for hydroxylation is 1. The fourth-order valence-electron chi connectivity index (χ4n) is 5.27. The number of hydrogen-bond donors (Lipinski definition) is 0. The maximum atomic E-state index is 14.0. The second-order valence-corrected chi connectivity index (χ2v) is 20.8. The van der Waals surface area contributed by atoms with E-state index in [0.29, 0.717) is 6.54 Å². The Morgan fingerprint density at radius 2 is 1.53 bits per heavy atom. The highest BCUT2D eigenvalue weighted by atomic mass is 32.2. The summed E-state index contributed by atoms with van der Waals surface area (Å²) in [6, 6.07) is 25.4. The van der Waals surface area contributed by atoms with Gasteiger partial charge in [-0.1, -0.05) is 118 Å². The molecular formula is C37H47NO3SSi. The molecule has 1 aliphatic rings. The summed E-state index contributed by atoms with van der Waals surface area (Å²) in [7, 11) is -5.77. The maximum absolute atomic E-state index is 14.0. The van der Waals surface area contributed by atoms with Gasteiger partial charge in [-0.3, -0.25) is 0 Å². The van der Waals surface area contributed by atoms with Gasteiger partial charge in [0.25, 0.3) is 0 Å². The van der Waals surface area contributed by atoms with Crippen LogP contribution in [0.3, 0.4) is 0 Å². The molecule has 0 saturated heterocycles. The van der Waals surface area contributed by atoms with Crippen molar-refractivity contribution in [3.8, 4) is 23.0 Å². The molecule has 0 heterocycles. The molecule has 0 aliphatic heterocycles. The van der Waals surface area contributed by atoms with Crippen LogP contribution < -0.4 is 0 Å². The van der Waals surface area contributed by atoms with Gasteiger partial charge in [0.15, 0.2) is 8.32 Å². The molecule has 0 spiro atoms. The van der Waals surface area contributed by atoms with E-state index in [1.807, 2.05) is 49.4 Å². The van der Waals surface area contributed by atoms with Crippen LogP contribution in [0.1, 0.15) is 58.6 Å². The summed E-state index contributed by atoms with van der Waals surface area (Å²) in [5.74, 6) is 6.37. The Kier molecular flexibility index (Phi) is 9.93. The molecular weight excluding hydrogens is 567 g/mol. The molecule has 6 heteroatoms. The van der Waals surface area contributed by atoms with E-state index < -0.39 is 18.3 Å². The van der Waals surface area contributed by atoms with Gasteiger partial charge in [0.05, 0.1) is 17.5 Å². The van der Waals surface area contributed by atoms with Gasteiger partial charge in [-0.05, 0) is 78.7 Å². The largest absolute Gasteiger partial charge is 0.411 e. The highest BCUT2D eigenvalue weighted by Gasteiger charge is 2.41. The van der Waals surface area contributed by atoms with Crippen molar-refractivity contribution in [1.29, 1.82) is 0 Å². The number of hydrogen-bond acceptors (Lipinski definition) is 3. The van der Waals surface area contributed by atoms with Crippen molar-refractivity contribution < 1.29 is 12.8 Å². The molecule has 0 aromatic heterocycles. The number of benzene rings is 3. The highest BCUT2D eigenvalue weighted by molar-refractivity contribution is 7.89. The van der Waals surface area contributed by atoms with E-state index in [0.717, 1.165) is 40.7 Å². The molecule has 4 nitrogen and oxygen atoms in total. The van der Waals surface area contributed by atoms with Crippen LogP contribution in [-0.4, -0.2) is 40.2 Å². The predicted octanol–water partition coefficient (Wildman–Crippen LogP) is 8.84. The average Bonchev–Trinajstić information content (AvgIpc) is 2.92. The Morgan fingerprint density at radius 1 is 0.930 bits per heavy atom. The van der Waals surface area contributed by atoms with Crippen LogP contribution >= 0.6 is 0 Å². The van der Waals surface area contributed by atoms with Crippen LogP contribution in [0.25, 0.3) is 11.1 Å². The molecule has 0 saturated carbocycles. The fraction of sp³-hybridized carbons (Fsp3) is 0.405. The molecule has 1 unspecified atom stereocenters. The Morgan fingerprint density at radius 3 is 2.14 bits per heavy atom. The minimum absolute atomic E-state index is 0.00256. The lowest BCUT2D eigenvalue weighted by Gasteiger charge is -2.43. The van der Waals surface area contributed by atoms with Gasteiger partial charge in [0, 0.05) is 12.1 Å². The van der Waals surface area contributed by atoms with Gasteiger partial charge < -0.3 is 4.43 Å². The molecule has 0 fully saturated rings. The van der Waals surface area contributed by atoms with Gasteiger partial charge in [0.2, 0.25) is 10.0 Å². The van der Waals surface area contributed by atoms with Crippen LogP contribution in [0, 0.1) is 24.2 Å². The highest BCUT2D eigenvalue weighted by Crippen LogP contribution is 2.42. The zero-order valence-electron chi connectivity index (χ0n) is 27.1. The molecule has 3 aromatic rings. The van der Waals surface area contributed by atoms with Crippen molar-refractivity contribution in [2.45, 2.75) is 83.5 Å². The summed E-state index contributed by atoms with van der Waals surface area (Å²) in [6.07, 6.45) is 3.90. The molecule has 0 amide bonds. The van der Waals surface area contributed by atoms with Crippen molar-refractivity contribution in [2.75, 3.05) is 13.1 Å². The van der Waals surface area contributed by atoms with Gasteiger partial charge in [-0.2, -0.15) is 4.31 Å². The first-order chi connectivity index (χ1) is 20.1. The predicted molar refractivity (Wildman–Crippen MR) is 182 cm³/mol. The molecule has 1 atom stereocenters.